The lowest BCUT2D eigenvalue weighted by Crippen LogP contribution is -2.36. The largest absolute Gasteiger partial charge is 0.476 e. The molecule has 2 aromatic heterocycles. The van der Waals surface area contributed by atoms with Crippen LogP contribution in [0.15, 0.2) is 24.4 Å². The van der Waals surface area contributed by atoms with Crippen molar-refractivity contribution in [2.45, 2.75) is 0 Å². The van der Waals surface area contributed by atoms with Gasteiger partial charge in [0.15, 0.2) is 10.8 Å². The highest BCUT2D eigenvalue weighted by Gasteiger charge is 2.15. The summed E-state index contributed by atoms with van der Waals surface area (Å²) in [5.41, 5.74) is 1.01. The van der Waals surface area contributed by atoms with Crippen LogP contribution in [-0.4, -0.2) is 52.6 Å². The molecule has 0 atom stereocenters. The summed E-state index contributed by atoms with van der Waals surface area (Å²) < 4.78 is 5.32. The maximum atomic E-state index is 11.2. The molecule has 1 aliphatic rings. The van der Waals surface area contributed by atoms with E-state index in [4.69, 9.17) is 21.4 Å². The van der Waals surface area contributed by atoms with E-state index in [-0.39, 0.29) is 16.5 Å². The molecule has 3 rings (SSSR count). The third kappa shape index (κ3) is 3.66. The maximum Gasteiger partial charge on any atom is 0.358 e. The van der Waals surface area contributed by atoms with Crippen molar-refractivity contribution in [3.05, 3.63) is 35.2 Å². The van der Waals surface area contributed by atoms with Crippen LogP contribution in [0, 0.1) is 0 Å². The monoisotopic (exact) mass is 335 g/mol. The number of nitrogens with zero attached hydrogens (tertiary/aromatic N) is 4. The molecule has 0 saturated carbocycles. The third-order valence-electron chi connectivity index (χ3n) is 3.35. The molecule has 0 aliphatic carbocycles. The van der Waals surface area contributed by atoms with Gasteiger partial charge in [0.1, 0.15) is 5.82 Å². The first-order valence-electron chi connectivity index (χ1n) is 6.96. The fraction of sp³-hybridized carbons (Fsp3) is 0.286. The molecule has 1 saturated heterocycles. The van der Waals surface area contributed by atoms with Crippen LogP contribution in [0.4, 0.5) is 17.2 Å². The molecule has 2 aromatic rings. The van der Waals surface area contributed by atoms with E-state index in [2.05, 4.69) is 25.4 Å². The molecule has 0 bridgehead atoms. The average Bonchev–Trinajstić information content (AvgIpc) is 2.56. The Kier molecular flexibility index (Phi) is 4.54. The van der Waals surface area contributed by atoms with Crippen molar-refractivity contribution in [2.75, 3.05) is 36.5 Å². The van der Waals surface area contributed by atoms with Crippen LogP contribution in [0.2, 0.25) is 5.15 Å². The smallest absolute Gasteiger partial charge is 0.358 e. The zero-order valence-corrected chi connectivity index (χ0v) is 12.8. The topological polar surface area (TPSA) is 100 Å². The fourth-order valence-electron chi connectivity index (χ4n) is 2.23. The number of pyridine rings is 1. The number of halogens is 1. The van der Waals surface area contributed by atoms with Gasteiger partial charge in [-0.2, -0.15) is 0 Å². The van der Waals surface area contributed by atoms with Crippen LogP contribution < -0.4 is 10.2 Å². The molecule has 3 heterocycles. The Labute approximate surface area is 137 Å². The number of hydrogen-bond acceptors (Lipinski definition) is 7. The zero-order valence-electron chi connectivity index (χ0n) is 12.1. The van der Waals surface area contributed by atoms with Crippen LogP contribution in [0.1, 0.15) is 10.5 Å². The second kappa shape index (κ2) is 6.76. The number of hydrogen-bond donors (Lipinski definition) is 2. The number of anilines is 3. The van der Waals surface area contributed by atoms with Crippen LogP contribution in [-0.2, 0) is 4.74 Å². The van der Waals surface area contributed by atoms with Crippen molar-refractivity contribution < 1.29 is 14.6 Å². The summed E-state index contributed by atoms with van der Waals surface area (Å²) in [4.78, 5) is 17.6. The first-order valence-corrected chi connectivity index (χ1v) is 7.33. The standard InChI is InChI=1S/C14H14ClN5O3/c15-11-7-10(13(14(21)22)19-18-11)17-12-2-1-9(8-16-12)20-3-5-23-6-4-20/h1-2,7-8H,3-6H2,(H,21,22)(H,16,17,18). The number of aromatic nitrogens is 3. The summed E-state index contributed by atoms with van der Waals surface area (Å²) in [6.07, 6.45) is 1.73. The summed E-state index contributed by atoms with van der Waals surface area (Å²) in [6, 6.07) is 5.08. The van der Waals surface area contributed by atoms with Gasteiger partial charge in [0.25, 0.3) is 0 Å². The Bertz CT molecular complexity index is 704. The number of carboxylic acid groups (broad SMARTS) is 1. The van der Waals surface area contributed by atoms with Gasteiger partial charge in [-0.15, -0.1) is 10.2 Å². The summed E-state index contributed by atoms with van der Waals surface area (Å²) in [6.45, 7) is 3.04. The van der Waals surface area contributed by atoms with Gasteiger partial charge < -0.3 is 20.1 Å². The van der Waals surface area contributed by atoms with E-state index in [0.717, 1.165) is 18.8 Å². The minimum Gasteiger partial charge on any atom is -0.476 e. The second-order valence-corrected chi connectivity index (χ2v) is 5.25. The molecule has 0 aromatic carbocycles. The van der Waals surface area contributed by atoms with Gasteiger partial charge in [-0.25, -0.2) is 9.78 Å². The van der Waals surface area contributed by atoms with Crippen molar-refractivity contribution in [1.29, 1.82) is 0 Å². The number of rotatable bonds is 4. The highest BCUT2D eigenvalue weighted by Crippen LogP contribution is 2.22. The van der Waals surface area contributed by atoms with Gasteiger partial charge in [-0.05, 0) is 12.1 Å². The fourth-order valence-corrected chi connectivity index (χ4v) is 2.37. The first-order chi connectivity index (χ1) is 11.1. The van der Waals surface area contributed by atoms with E-state index in [1.807, 2.05) is 6.07 Å². The van der Waals surface area contributed by atoms with Crippen molar-refractivity contribution in [2.24, 2.45) is 0 Å². The van der Waals surface area contributed by atoms with Gasteiger partial charge >= 0.3 is 5.97 Å². The van der Waals surface area contributed by atoms with Crippen molar-refractivity contribution in [1.82, 2.24) is 15.2 Å². The van der Waals surface area contributed by atoms with Gasteiger partial charge in [-0.1, -0.05) is 11.6 Å². The highest BCUT2D eigenvalue weighted by molar-refractivity contribution is 6.29. The first kappa shape index (κ1) is 15.4. The van der Waals surface area contributed by atoms with Crippen LogP contribution in [0.3, 0.4) is 0 Å². The Morgan fingerprint density at radius 2 is 2.09 bits per heavy atom. The number of carboxylic acids is 1. The lowest BCUT2D eigenvalue weighted by Gasteiger charge is -2.28. The minimum absolute atomic E-state index is 0.0995. The van der Waals surface area contributed by atoms with Crippen molar-refractivity contribution in [3.8, 4) is 0 Å². The second-order valence-electron chi connectivity index (χ2n) is 4.86. The molecule has 23 heavy (non-hydrogen) atoms. The average molecular weight is 336 g/mol. The van der Waals surface area contributed by atoms with Crippen LogP contribution in [0.25, 0.3) is 0 Å². The lowest BCUT2D eigenvalue weighted by atomic mass is 10.3. The number of aromatic carboxylic acids is 1. The number of nitrogens with one attached hydrogen (secondary N) is 1. The summed E-state index contributed by atoms with van der Waals surface area (Å²) in [7, 11) is 0. The molecule has 8 nitrogen and oxygen atoms in total. The number of morpholine rings is 1. The van der Waals surface area contributed by atoms with Gasteiger partial charge in [0.2, 0.25) is 0 Å². The molecule has 120 valence electrons. The maximum absolute atomic E-state index is 11.2. The van der Waals surface area contributed by atoms with Gasteiger partial charge in [-0.3, -0.25) is 0 Å². The zero-order chi connectivity index (χ0) is 16.2. The quantitative estimate of drug-likeness (QED) is 0.872. The van der Waals surface area contributed by atoms with E-state index in [0.29, 0.717) is 19.0 Å². The number of carbonyl (C=O) groups is 1. The lowest BCUT2D eigenvalue weighted by molar-refractivity contribution is 0.0690. The molecule has 2 N–H and O–H groups in total. The molecule has 0 amide bonds. The van der Waals surface area contributed by atoms with Crippen LogP contribution >= 0.6 is 11.6 Å². The van der Waals surface area contributed by atoms with E-state index >= 15 is 0 Å². The molecule has 0 radical (unpaired) electrons. The summed E-state index contributed by atoms with van der Waals surface area (Å²) in [5, 5.41) is 19.2. The van der Waals surface area contributed by atoms with Gasteiger partial charge in [0, 0.05) is 19.2 Å². The van der Waals surface area contributed by atoms with E-state index in [9.17, 15) is 4.79 Å². The number of ether oxygens (including phenoxy) is 1. The SMILES string of the molecule is O=C(O)c1nnc(Cl)cc1Nc1ccc(N2CCOCC2)cn1. The predicted molar refractivity (Wildman–Crippen MR) is 84.6 cm³/mol. The highest BCUT2D eigenvalue weighted by atomic mass is 35.5. The van der Waals surface area contributed by atoms with E-state index in [1.54, 1.807) is 12.3 Å². The van der Waals surface area contributed by atoms with Crippen LogP contribution in [0.5, 0.6) is 0 Å². The molecule has 1 aliphatic heterocycles. The summed E-state index contributed by atoms with van der Waals surface area (Å²) in [5.74, 6) is -0.699. The van der Waals surface area contributed by atoms with Gasteiger partial charge in [0.05, 0.1) is 30.8 Å². The van der Waals surface area contributed by atoms with Crippen molar-refractivity contribution >= 4 is 34.8 Å². The van der Waals surface area contributed by atoms with E-state index in [1.165, 1.54) is 6.07 Å². The molecule has 0 unspecified atom stereocenters. The molecule has 9 heteroatoms. The van der Waals surface area contributed by atoms with Crippen molar-refractivity contribution in [3.63, 3.8) is 0 Å². The minimum atomic E-state index is -1.19. The molecular weight excluding hydrogens is 322 g/mol. The molecular formula is C14H14ClN5O3. The Morgan fingerprint density at radius 1 is 1.30 bits per heavy atom. The Hall–Kier alpha value is -2.45. The third-order valence-corrected chi connectivity index (χ3v) is 3.54. The summed E-state index contributed by atoms with van der Waals surface area (Å²) >= 11 is 5.77. The Morgan fingerprint density at radius 3 is 2.74 bits per heavy atom. The predicted octanol–water partition coefficient (Wildman–Crippen LogP) is 1.80. The molecule has 1 fully saturated rings. The normalized spacial score (nSPS) is 14.6. The van der Waals surface area contributed by atoms with E-state index < -0.39 is 5.97 Å². The molecule has 0 spiro atoms. The Balaban J connectivity index is 1.78.